The fourth-order valence-electron chi connectivity index (χ4n) is 1.91. The van der Waals surface area contributed by atoms with Crippen LogP contribution in [0, 0.1) is 11.7 Å². The normalized spacial score (nSPS) is 11.8. The summed E-state index contributed by atoms with van der Waals surface area (Å²) in [5, 5.41) is 11.5. The summed E-state index contributed by atoms with van der Waals surface area (Å²) in [5.41, 5.74) is 0.826. The number of carbonyl (C=O) groups excluding carboxylic acids is 1. The van der Waals surface area contributed by atoms with Crippen molar-refractivity contribution in [3.63, 3.8) is 0 Å². The molecule has 2 amide bonds. The van der Waals surface area contributed by atoms with Gasteiger partial charge in [-0.05, 0) is 23.6 Å². The standard InChI is InChI=1S/C15H21FN2O3/c1-3-11(8-14(19)20)9-17-15(21)18(2)10-12-4-6-13(16)7-5-12/h4-7,11H,3,8-10H2,1-2H3,(H,17,21)(H,19,20). The second-order valence-electron chi connectivity index (χ2n) is 5.04. The van der Waals surface area contributed by atoms with Crippen LogP contribution < -0.4 is 5.32 Å². The number of urea groups is 1. The minimum Gasteiger partial charge on any atom is -0.481 e. The molecule has 2 N–H and O–H groups in total. The summed E-state index contributed by atoms with van der Waals surface area (Å²) >= 11 is 0. The predicted octanol–water partition coefficient (Wildman–Crippen LogP) is 2.47. The molecule has 116 valence electrons. The number of benzene rings is 1. The van der Waals surface area contributed by atoms with Crippen molar-refractivity contribution in [2.45, 2.75) is 26.3 Å². The van der Waals surface area contributed by atoms with E-state index < -0.39 is 5.97 Å². The molecule has 0 aliphatic heterocycles. The zero-order valence-corrected chi connectivity index (χ0v) is 12.3. The topological polar surface area (TPSA) is 69.6 Å². The molecular weight excluding hydrogens is 275 g/mol. The second-order valence-corrected chi connectivity index (χ2v) is 5.04. The molecular formula is C15H21FN2O3. The summed E-state index contributed by atoms with van der Waals surface area (Å²) in [6.45, 7) is 2.58. The highest BCUT2D eigenvalue weighted by atomic mass is 19.1. The summed E-state index contributed by atoms with van der Waals surface area (Å²) in [7, 11) is 1.64. The number of carboxylic acids is 1. The van der Waals surface area contributed by atoms with Gasteiger partial charge in [0.1, 0.15) is 5.82 Å². The average molecular weight is 296 g/mol. The molecule has 0 fully saturated rings. The van der Waals surface area contributed by atoms with Gasteiger partial charge in [-0.2, -0.15) is 0 Å². The van der Waals surface area contributed by atoms with Gasteiger partial charge in [0.25, 0.3) is 0 Å². The number of nitrogens with zero attached hydrogens (tertiary/aromatic N) is 1. The van der Waals surface area contributed by atoms with Crippen LogP contribution in [0.2, 0.25) is 0 Å². The number of nitrogens with one attached hydrogen (secondary N) is 1. The molecule has 0 spiro atoms. The summed E-state index contributed by atoms with van der Waals surface area (Å²) in [5.74, 6) is -1.26. The number of aliphatic carboxylic acids is 1. The van der Waals surface area contributed by atoms with Crippen LogP contribution >= 0.6 is 0 Å². The molecule has 1 aromatic rings. The average Bonchev–Trinajstić information content (AvgIpc) is 2.45. The fourth-order valence-corrected chi connectivity index (χ4v) is 1.91. The van der Waals surface area contributed by atoms with Crippen molar-refractivity contribution >= 4 is 12.0 Å². The Hall–Kier alpha value is -2.11. The molecule has 0 radical (unpaired) electrons. The van der Waals surface area contributed by atoms with E-state index in [0.717, 1.165) is 5.56 Å². The Morgan fingerprint density at radius 1 is 1.33 bits per heavy atom. The Morgan fingerprint density at radius 2 is 1.95 bits per heavy atom. The summed E-state index contributed by atoms with van der Waals surface area (Å²) in [6.07, 6.45) is 0.729. The lowest BCUT2D eigenvalue weighted by Gasteiger charge is -2.20. The summed E-state index contributed by atoms with van der Waals surface area (Å²) in [4.78, 5) is 24.0. The molecule has 5 nitrogen and oxygen atoms in total. The molecule has 0 aliphatic carbocycles. The number of carbonyl (C=O) groups is 2. The van der Waals surface area contributed by atoms with Gasteiger partial charge in [-0.15, -0.1) is 0 Å². The van der Waals surface area contributed by atoms with Crippen molar-refractivity contribution in [1.29, 1.82) is 0 Å². The van der Waals surface area contributed by atoms with Crippen molar-refractivity contribution in [2.24, 2.45) is 5.92 Å². The van der Waals surface area contributed by atoms with Crippen LogP contribution in [-0.2, 0) is 11.3 Å². The van der Waals surface area contributed by atoms with E-state index >= 15 is 0 Å². The van der Waals surface area contributed by atoms with E-state index in [-0.39, 0.29) is 24.2 Å². The first-order valence-corrected chi connectivity index (χ1v) is 6.87. The van der Waals surface area contributed by atoms with E-state index in [1.54, 1.807) is 19.2 Å². The molecule has 0 saturated heterocycles. The minimum atomic E-state index is -0.865. The van der Waals surface area contributed by atoms with Gasteiger partial charge >= 0.3 is 12.0 Å². The van der Waals surface area contributed by atoms with Gasteiger partial charge in [0.15, 0.2) is 0 Å². The molecule has 1 atom stereocenters. The SMILES string of the molecule is CCC(CNC(=O)N(C)Cc1ccc(F)cc1)CC(=O)O. The largest absolute Gasteiger partial charge is 0.481 e. The monoisotopic (exact) mass is 296 g/mol. The Kier molecular flexibility index (Phi) is 6.65. The smallest absolute Gasteiger partial charge is 0.317 e. The molecule has 1 rings (SSSR count). The van der Waals surface area contributed by atoms with Crippen LogP contribution in [0.4, 0.5) is 9.18 Å². The first kappa shape index (κ1) is 16.9. The summed E-state index contributed by atoms with van der Waals surface area (Å²) in [6, 6.07) is 5.67. The zero-order valence-electron chi connectivity index (χ0n) is 12.3. The number of hydrogen-bond donors (Lipinski definition) is 2. The highest BCUT2D eigenvalue weighted by Gasteiger charge is 2.14. The quantitative estimate of drug-likeness (QED) is 0.812. The van der Waals surface area contributed by atoms with Crippen LogP contribution in [0.15, 0.2) is 24.3 Å². The number of hydrogen-bond acceptors (Lipinski definition) is 2. The van der Waals surface area contributed by atoms with Crippen molar-refractivity contribution in [3.05, 3.63) is 35.6 Å². The van der Waals surface area contributed by atoms with E-state index in [2.05, 4.69) is 5.32 Å². The van der Waals surface area contributed by atoms with Crippen molar-refractivity contribution < 1.29 is 19.1 Å². The molecule has 21 heavy (non-hydrogen) atoms. The number of amides is 2. The van der Waals surface area contributed by atoms with Gasteiger partial charge < -0.3 is 15.3 Å². The first-order chi connectivity index (χ1) is 9.92. The lowest BCUT2D eigenvalue weighted by Crippen LogP contribution is -2.39. The predicted molar refractivity (Wildman–Crippen MR) is 77.3 cm³/mol. The van der Waals surface area contributed by atoms with Crippen LogP contribution in [-0.4, -0.2) is 35.6 Å². The maximum Gasteiger partial charge on any atom is 0.317 e. The van der Waals surface area contributed by atoms with Gasteiger partial charge in [0, 0.05) is 26.6 Å². The van der Waals surface area contributed by atoms with E-state index in [4.69, 9.17) is 5.11 Å². The van der Waals surface area contributed by atoms with Gasteiger partial charge in [-0.25, -0.2) is 9.18 Å². The molecule has 0 heterocycles. The van der Waals surface area contributed by atoms with Gasteiger partial charge in [-0.1, -0.05) is 25.5 Å². The minimum absolute atomic E-state index is 0.0401. The molecule has 0 bridgehead atoms. The van der Waals surface area contributed by atoms with Crippen LogP contribution in [0.1, 0.15) is 25.3 Å². The van der Waals surface area contributed by atoms with Gasteiger partial charge in [0.2, 0.25) is 0 Å². The van der Waals surface area contributed by atoms with E-state index in [9.17, 15) is 14.0 Å². The number of carboxylic acid groups (broad SMARTS) is 1. The Balaban J connectivity index is 2.43. The van der Waals surface area contributed by atoms with E-state index in [1.165, 1.54) is 17.0 Å². The third-order valence-corrected chi connectivity index (χ3v) is 3.26. The Labute approximate surface area is 123 Å². The number of halogens is 1. The first-order valence-electron chi connectivity index (χ1n) is 6.87. The molecule has 0 saturated carbocycles. The van der Waals surface area contributed by atoms with Crippen molar-refractivity contribution in [3.8, 4) is 0 Å². The Bertz CT molecular complexity index is 476. The van der Waals surface area contributed by atoms with Crippen LogP contribution in [0.25, 0.3) is 0 Å². The third kappa shape index (κ3) is 6.25. The molecule has 0 aromatic heterocycles. The van der Waals surface area contributed by atoms with Crippen molar-refractivity contribution in [2.75, 3.05) is 13.6 Å². The maximum absolute atomic E-state index is 12.8. The van der Waals surface area contributed by atoms with Crippen molar-refractivity contribution in [1.82, 2.24) is 10.2 Å². The van der Waals surface area contributed by atoms with Crippen LogP contribution in [0.3, 0.4) is 0 Å². The van der Waals surface area contributed by atoms with Gasteiger partial charge in [0.05, 0.1) is 0 Å². The maximum atomic E-state index is 12.8. The highest BCUT2D eigenvalue weighted by Crippen LogP contribution is 2.08. The third-order valence-electron chi connectivity index (χ3n) is 3.26. The molecule has 1 aromatic carbocycles. The number of rotatable bonds is 7. The second kappa shape index (κ2) is 8.24. The lowest BCUT2D eigenvalue weighted by molar-refractivity contribution is -0.138. The molecule has 0 aliphatic rings. The lowest BCUT2D eigenvalue weighted by atomic mass is 10.0. The fraction of sp³-hybridized carbons (Fsp3) is 0.467. The van der Waals surface area contributed by atoms with E-state index in [1.807, 2.05) is 6.92 Å². The molecule has 1 unspecified atom stereocenters. The van der Waals surface area contributed by atoms with E-state index in [0.29, 0.717) is 19.5 Å². The summed E-state index contributed by atoms with van der Waals surface area (Å²) < 4.78 is 12.8. The van der Waals surface area contributed by atoms with Crippen LogP contribution in [0.5, 0.6) is 0 Å². The molecule has 6 heteroatoms. The Morgan fingerprint density at radius 3 is 2.48 bits per heavy atom. The van der Waals surface area contributed by atoms with Gasteiger partial charge in [-0.3, -0.25) is 4.79 Å². The zero-order chi connectivity index (χ0) is 15.8. The highest BCUT2D eigenvalue weighted by molar-refractivity contribution is 5.74.